The number of hydrogen-bond acceptors (Lipinski definition) is 6. The van der Waals surface area contributed by atoms with Crippen LogP contribution in [0.1, 0.15) is 41.2 Å². The van der Waals surface area contributed by atoms with E-state index in [4.69, 9.17) is 14.9 Å². The average molecular weight is 476 g/mol. The predicted octanol–water partition coefficient (Wildman–Crippen LogP) is 5.32. The highest BCUT2D eigenvalue weighted by Gasteiger charge is 2.30. The Balaban J connectivity index is 1.47. The summed E-state index contributed by atoms with van der Waals surface area (Å²) >= 11 is 0. The molecule has 6 nitrogen and oxygen atoms in total. The molecule has 180 valence electrons. The van der Waals surface area contributed by atoms with Gasteiger partial charge in [-0.3, -0.25) is 4.98 Å². The van der Waals surface area contributed by atoms with Crippen molar-refractivity contribution in [1.82, 2.24) is 15.3 Å². The number of rotatable bonds is 11. The maximum absolute atomic E-state index is 13.9. The number of aryl methyl sites for hydroxylation is 1. The number of pyridine rings is 1. The first-order valence-electron chi connectivity index (χ1n) is 10.5. The standard InChI is InChI=1S/C24H24F4N4O2/c25-22-13-18(24(26,27)28)6-4-17(22)5-9-23-32-20(16-34-23)15-33-21-8-7-19(31-14-21)3-1-2-11-30-12-10-29/h4-10,12-14,16,30H,1-3,11,15,29H2/b9-5+,12-10-. The molecule has 0 aliphatic heterocycles. The zero-order valence-electron chi connectivity index (χ0n) is 18.2. The molecule has 34 heavy (non-hydrogen) atoms. The fraction of sp³-hybridized carbons (Fsp3) is 0.250. The summed E-state index contributed by atoms with van der Waals surface area (Å²) in [7, 11) is 0. The average Bonchev–Trinajstić information content (AvgIpc) is 3.27. The molecule has 0 spiro atoms. The van der Waals surface area contributed by atoms with Crippen LogP contribution in [0.15, 0.2) is 59.6 Å². The number of nitrogens with zero attached hydrogens (tertiary/aromatic N) is 2. The van der Waals surface area contributed by atoms with Crippen LogP contribution < -0.4 is 15.8 Å². The van der Waals surface area contributed by atoms with E-state index in [1.54, 1.807) is 12.4 Å². The number of nitrogens with two attached hydrogens (primary N) is 1. The van der Waals surface area contributed by atoms with E-state index in [-0.39, 0.29) is 18.1 Å². The number of ether oxygens (including phenoxy) is 1. The number of alkyl halides is 3. The lowest BCUT2D eigenvalue weighted by Crippen LogP contribution is -2.08. The number of benzene rings is 1. The Kier molecular flexibility index (Phi) is 8.66. The molecule has 0 saturated carbocycles. The van der Waals surface area contributed by atoms with E-state index in [0.717, 1.165) is 43.6 Å². The summed E-state index contributed by atoms with van der Waals surface area (Å²) in [4.78, 5) is 8.58. The third kappa shape index (κ3) is 7.65. The monoisotopic (exact) mass is 476 g/mol. The first-order valence-corrected chi connectivity index (χ1v) is 10.5. The largest absolute Gasteiger partial charge is 0.486 e. The highest BCUT2D eigenvalue weighted by Crippen LogP contribution is 2.30. The van der Waals surface area contributed by atoms with Gasteiger partial charge in [-0.25, -0.2) is 9.37 Å². The van der Waals surface area contributed by atoms with E-state index in [1.165, 1.54) is 24.6 Å². The van der Waals surface area contributed by atoms with Crippen molar-refractivity contribution in [2.24, 2.45) is 5.73 Å². The van der Waals surface area contributed by atoms with Crippen LogP contribution in [0.2, 0.25) is 0 Å². The maximum atomic E-state index is 13.9. The Hall–Kier alpha value is -3.82. The topological polar surface area (TPSA) is 86.2 Å². The van der Waals surface area contributed by atoms with Crippen molar-refractivity contribution in [2.75, 3.05) is 6.54 Å². The van der Waals surface area contributed by atoms with Crippen molar-refractivity contribution in [1.29, 1.82) is 0 Å². The molecule has 10 heteroatoms. The summed E-state index contributed by atoms with van der Waals surface area (Å²) in [6.45, 7) is 0.983. The van der Waals surface area contributed by atoms with E-state index in [9.17, 15) is 17.6 Å². The van der Waals surface area contributed by atoms with Crippen LogP contribution in [0.3, 0.4) is 0 Å². The molecule has 3 rings (SSSR count). The van der Waals surface area contributed by atoms with Gasteiger partial charge >= 0.3 is 6.18 Å². The molecular weight excluding hydrogens is 452 g/mol. The van der Waals surface area contributed by atoms with Gasteiger partial charge in [0.25, 0.3) is 0 Å². The summed E-state index contributed by atoms with van der Waals surface area (Å²) in [5.41, 5.74) is 5.65. The highest BCUT2D eigenvalue weighted by atomic mass is 19.4. The second kappa shape index (κ2) is 11.9. The number of hydrogen-bond donors (Lipinski definition) is 2. The third-order valence-corrected chi connectivity index (χ3v) is 4.71. The minimum absolute atomic E-state index is 0.0150. The van der Waals surface area contributed by atoms with Crippen LogP contribution in [0.25, 0.3) is 12.2 Å². The molecule has 0 saturated heterocycles. The molecule has 0 aliphatic carbocycles. The molecule has 0 bridgehead atoms. The van der Waals surface area contributed by atoms with Gasteiger partial charge in [0.05, 0.1) is 11.8 Å². The van der Waals surface area contributed by atoms with Crippen LogP contribution in [0.5, 0.6) is 5.75 Å². The fourth-order valence-corrected chi connectivity index (χ4v) is 2.95. The van der Waals surface area contributed by atoms with Crippen molar-refractivity contribution >= 4 is 12.2 Å². The maximum Gasteiger partial charge on any atom is 0.416 e. The normalized spacial score (nSPS) is 12.0. The van der Waals surface area contributed by atoms with E-state index >= 15 is 0 Å². The number of aromatic nitrogens is 2. The zero-order chi connectivity index (χ0) is 24.4. The van der Waals surface area contributed by atoms with E-state index in [0.29, 0.717) is 17.5 Å². The summed E-state index contributed by atoms with van der Waals surface area (Å²) in [5.74, 6) is -0.245. The van der Waals surface area contributed by atoms with Crippen molar-refractivity contribution in [3.05, 3.63) is 89.4 Å². The van der Waals surface area contributed by atoms with Gasteiger partial charge in [-0.05, 0) is 49.6 Å². The van der Waals surface area contributed by atoms with Crippen LogP contribution in [0.4, 0.5) is 17.6 Å². The Morgan fingerprint density at radius 2 is 1.94 bits per heavy atom. The lowest BCUT2D eigenvalue weighted by atomic mass is 10.1. The molecule has 0 unspecified atom stereocenters. The Labute approximate surface area is 194 Å². The molecule has 0 aliphatic rings. The molecule has 3 aromatic rings. The molecule has 1 aromatic carbocycles. The smallest absolute Gasteiger partial charge is 0.416 e. The van der Waals surface area contributed by atoms with E-state index in [1.807, 2.05) is 12.1 Å². The highest BCUT2D eigenvalue weighted by molar-refractivity contribution is 5.66. The fourth-order valence-electron chi connectivity index (χ4n) is 2.95. The van der Waals surface area contributed by atoms with Crippen molar-refractivity contribution < 1.29 is 26.7 Å². The number of unbranched alkanes of at least 4 members (excludes halogenated alkanes) is 1. The van der Waals surface area contributed by atoms with Gasteiger partial charge in [0.1, 0.15) is 30.1 Å². The van der Waals surface area contributed by atoms with Crippen LogP contribution in [0, 0.1) is 5.82 Å². The zero-order valence-corrected chi connectivity index (χ0v) is 18.2. The van der Waals surface area contributed by atoms with Crippen LogP contribution >= 0.6 is 0 Å². The van der Waals surface area contributed by atoms with Crippen molar-refractivity contribution in [2.45, 2.75) is 32.0 Å². The van der Waals surface area contributed by atoms with Gasteiger partial charge < -0.3 is 20.2 Å². The first kappa shape index (κ1) is 24.8. The molecule has 0 radical (unpaired) electrons. The summed E-state index contributed by atoms with van der Waals surface area (Å²) in [6.07, 6.45) is 7.09. The second-order valence-electron chi connectivity index (χ2n) is 7.29. The molecule has 2 heterocycles. The number of oxazole rings is 1. The quantitative estimate of drug-likeness (QED) is 0.288. The van der Waals surface area contributed by atoms with Gasteiger partial charge in [0.15, 0.2) is 0 Å². The van der Waals surface area contributed by atoms with Gasteiger partial charge in [-0.1, -0.05) is 6.07 Å². The van der Waals surface area contributed by atoms with E-state index < -0.39 is 17.6 Å². The minimum Gasteiger partial charge on any atom is -0.486 e. The van der Waals surface area contributed by atoms with Gasteiger partial charge in [0, 0.05) is 36.3 Å². The SMILES string of the molecule is N/C=C\NCCCCc1ccc(OCc2coc(/C=C/c3ccc(C(F)(F)F)cc3F)n2)cn1. The molecular formula is C24H24F4N4O2. The molecule has 0 atom stereocenters. The third-order valence-electron chi connectivity index (χ3n) is 4.71. The Morgan fingerprint density at radius 1 is 1.09 bits per heavy atom. The number of nitrogens with one attached hydrogen (secondary N) is 1. The van der Waals surface area contributed by atoms with Crippen LogP contribution in [-0.2, 0) is 19.2 Å². The van der Waals surface area contributed by atoms with Crippen LogP contribution in [-0.4, -0.2) is 16.5 Å². The summed E-state index contributed by atoms with van der Waals surface area (Å²) in [6, 6.07) is 6.04. The van der Waals surface area contributed by atoms with Gasteiger partial charge in [-0.2, -0.15) is 13.2 Å². The Morgan fingerprint density at radius 3 is 2.65 bits per heavy atom. The number of halogens is 4. The molecule has 0 amide bonds. The Bertz CT molecular complexity index is 1110. The molecule has 3 N–H and O–H groups in total. The minimum atomic E-state index is -4.60. The molecule has 0 fully saturated rings. The lowest BCUT2D eigenvalue weighted by Gasteiger charge is -2.07. The van der Waals surface area contributed by atoms with Gasteiger partial charge in [0.2, 0.25) is 5.89 Å². The first-order chi connectivity index (χ1) is 16.3. The second-order valence-corrected chi connectivity index (χ2v) is 7.29. The molecule has 2 aromatic heterocycles. The van der Waals surface area contributed by atoms with Crippen molar-refractivity contribution in [3.8, 4) is 5.75 Å². The summed E-state index contributed by atoms with van der Waals surface area (Å²) in [5, 5.41) is 3.07. The van der Waals surface area contributed by atoms with Gasteiger partial charge in [-0.15, -0.1) is 0 Å². The van der Waals surface area contributed by atoms with E-state index in [2.05, 4.69) is 15.3 Å². The van der Waals surface area contributed by atoms with Crippen molar-refractivity contribution in [3.63, 3.8) is 0 Å². The lowest BCUT2D eigenvalue weighted by molar-refractivity contribution is -0.137. The summed E-state index contributed by atoms with van der Waals surface area (Å²) < 4.78 is 62.7. The predicted molar refractivity (Wildman–Crippen MR) is 120 cm³/mol.